The van der Waals surface area contributed by atoms with Crippen molar-refractivity contribution in [3.63, 3.8) is 0 Å². The highest BCUT2D eigenvalue weighted by molar-refractivity contribution is 5.81. The summed E-state index contributed by atoms with van der Waals surface area (Å²) in [5.74, 6) is 0.0551. The molecule has 158 valence electrons. The summed E-state index contributed by atoms with van der Waals surface area (Å²) in [6.07, 6.45) is 2.62. The lowest BCUT2D eigenvalue weighted by atomic mass is 9.78. The molecule has 4 rings (SSSR count). The van der Waals surface area contributed by atoms with Crippen molar-refractivity contribution in [2.75, 3.05) is 33.2 Å². The Kier molecular flexibility index (Phi) is 5.86. The highest BCUT2D eigenvalue weighted by atomic mass is 19.1. The summed E-state index contributed by atoms with van der Waals surface area (Å²) >= 11 is 0. The number of hydrazine groups is 2. The van der Waals surface area contributed by atoms with Crippen molar-refractivity contribution in [3.05, 3.63) is 12.0 Å². The summed E-state index contributed by atoms with van der Waals surface area (Å²) in [5, 5.41) is 13.5. The average molecular weight is 397 g/mol. The molecule has 9 nitrogen and oxygen atoms in total. The maximum atomic E-state index is 13.5. The lowest BCUT2D eigenvalue weighted by Crippen LogP contribution is -2.64. The van der Waals surface area contributed by atoms with E-state index in [0.29, 0.717) is 17.9 Å². The third kappa shape index (κ3) is 3.77. The predicted octanol–water partition coefficient (Wildman–Crippen LogP) is -1.61. The first-order chi connectivity index (χ1) is 13.5. The van der Waals surface area contributed by atoms with Crippen LogP contribution in [0.25, 0.3) is 0 Å². The van der Waals surface area contributed by atoms with E-state index in [4.69, 9.17) is 5.73 Å². The van der Waals surface area contributed by atoms with Crippen molar-refractivity contribution >= 4 is 5.91 Å². The predicted molar refractivity (Wildman–Crippen MR) is 104 cm³/mol. The minimum absolute atomic E-state index is 0.0353. The molecule has 7 N–H and O–H groups in total. The van der Waals surface area contributed by atoms with E-state index in [1.807, 2.05) is 0 Å². The minimum Gasteiger partial charge on any atom is -0.351 e. The number of fused-ring (bicyclic) bond motifs is 1. The monoisotopic (exact) mass is 396 g/mol. The van der Waals surface area contributed by atoms with E-state index < -0.39 is 12.1 Å². The lowest BCUT2D eigenvalue weighted by molar-refractivity contribution is -0.128. The Hall–Kier alpha value is -1.30. The summed E-state index contributed by atoms with van der Waals surface area (Å²) in [6.45, 7) is 5.11. The van der Waals surface area contributed by atoms with Crippen molar-refractivity contribution in [2.45, 2.75) is 44.2 Å². The number of nitrogens with zero attached hydrogens (tertiary/aromatic N) is 2. The Morgan fingerprint density at radius 3 is 2.96 bits per heavy atom. The Bertz CT molecular complexity index is 608. The van der Waals surface area contributed by atoms with Gasteiger partial charge in [0, 0.05) is 32.2 Å². The van der Waals surface area contributed by atoms with Gasteiger partial charge in [0.2, 0.25) is 5.91 Å². The molecule has 1 amide bonds. The van der Waals surface area contributed by atoms with E-state index in [-0.39, 0.29) is 30.5 Å². The zero-order chi connectivity index (χ0) is 19.8. The molecule has 4 heterocycles. The number of nitrogens with two attached hydrogens (primary N) is 1. The van der Waals surface area contributed by atoms with Crippen LogP contribution >= 0.6 is 0 Å². The SMILES string of the molecule is CC1CCNN(C)C1C1CCNCC1NC(=O)C1C(N)NN2C=C(F)CNC12. The van der Waals surface area contributed by atoms with Gasteiger partial charge in [-0.25, -0.2) is 14.8 Å². The zero-order valence-corrected chi connectivity index (χ0v) is 16.6. The summed E-state index contributed by atoms with van der Waals surface area (Å²) in [5.41, 5.74) is 12.6. The first-order valence-electron chi connectivity index (χ1n) is 10.3. The van der Waals surface area contributed by atoms with Crippen molar-refractivity contribution in [1.29, 1.82) is 0 Å². The molecule has 0 aromatic rings. The largest absolute Gasteiger partial charge is 0.351 e. The highest BCUT2D eigenvalue weighted by Gasteiger charge is 2.46. The van der Waals surface area contributed by atoms with Crippen molar-refractivity contribution in [1.82, 2.24) is 36.8 Å². The topological polar surface area (TPSA) is 110 Å². The number of carbonyl (C=O) groups excluding carboxylic acids is 1. The summed E-state index contributed by atoms with van der Waals surface area (Å²) in [7, 11) is 2.10. The van der Waals surface area contributed by atoms with Gasteiger partial charge in [-0.2, -0.15) is 0 Å². The van der Waals surface area contributed by atoms with Crippen LogP contribution in [0.15, 0.2) is 12.0 Å². The van der Waals surface area contributed by atoms with Crippen LogP contribution < -0.4 is 32.5 Å². The molecular weight excluding hydrogens is 363 g/mol. The second-order valence-corrected chi connectivity index (χ2v) is 8.54. The second-order valence-electron chi connectivity index (χ2n) is 8.54. The first kappa shape index (κ1) is 20.0. The molecule has 10 heteroatoms. The van der Waals surface area contributed by atoms with Gasteiger partial charge >= 0.3 is 0 Å². The number of hydrogen-bond acceptors (Lipinski definition) is 8. The molecule has 3 saturated heterocycles. The summed E-state index contributed by atoms with van der Waals surface area (Å²) in [6, 6.07) is 0.408. The van der Waals surface area contributed by atoms with E-state index in [1.54, 1.807) is 5.01 Å². The van der Waals surface area contributed by atoms with E-state index in [1.165, 1.54) is 6.20 Å². The molecule has 0 spiro atoms. The third-order valence-electron chi connectivity index (χ3n) is 6.68. The molecule has 0 aliphatic carbocycles. The maximum absolute atomic E-state index is 13.5. The summed E-state index contributed by atoms with van der Waals surface area (Å²) < 4.78 is 13.5. The van der Waals surface area contributed by atoms with Gasteiger partial charge in [0.05, 0.1) is 18.9 Å². The van der Waals surface area contributed by atoms with E-state index in [9.17, 15) is 9.18 Å². The number of carbonyl (C=O) groups is 1. The van der Waals surface area contributed by atoms with Gasteiger partial charge in [0.25, 0.3) is 0 Å². The molecule has 4 aliphatic heterocycles. The first-order valence-corrected chi connectivity index (χ1v) is 10.3. The van der Waals surface area contributed by atoms with Crippen LogP contribution in [0.4, 0.5) is 4.39 Å². The molecule has 0 aromatic carbocycles. The Morgan fingerprint density at radius 2 is 2.18 bits per heavy atom. The Morgan fingerprint density at radius 1 is 1.36 bits per heavy atom. The fourth-order valence-electron chi connectivity index (χ4n) is 5.31. The normalized spacial score (nSPS) is 42.1. The molecule has 4 aliphatic rings. The number of halogens is 1. The van der Waals surface area contributed by atoms with Crippen LogP contribution in [0.2, 0.25) is 0 Å². The van der Waals surface area contributed by atoms with Gasteiger partial charge in [-0.1, -0.05) is 6.92 Å². The fraction of sp³-hybridized carbons (Fsp3) is 0.833. The molecule has 28 heavy (non-hydrogen) atoms. The molecule has 0 saturated carbocycles. The number of piperidine rings is 1. The van der Waals surface area contributed by atoms with Crippen molar-refractivity contribution in [2.24, 2.45) is 23.5 Å². The van der Waals surface area contributed by atoms with Crippen LogP contribution in [0.5, 0.6) is 0 Å². The standard InChI is InChI=1S/C18H33FN8O/c1-10-3-6-23-26(2)15(10)12-4-5-21-8-13(12)24-18(28)14-16(20)25-27-9-11(19)7-22-17(14)27/h9-10,12-17,21-23,25H,3-8,20H2,1-2H3,(H,24,28). The van der Waals surface area contributed by atoms with Gasteiger partial charge in [0.15, 0.2) is 0 Å². The maximum Gasteiger partial charge on any atom is 0.229 e. The molecule has 0 radical (unpaired) electrons. The van der Waals surface area contributed by atoms with E-state index >= 15 is 0 Å². The Labute approximate surface area is 165 Å². The van der Waals surface area contributed by atoms with Gasteiger partial charge in [-0.15, -0.1) is 0 Å². The molecule has 3 fully saturated rings. The van der Waals surface area contributed by atoms with Gasteiger partial charge in [0.1, 0.15) is 17.9 Å². The number of nitrogens with one attached hydrogen (secondary N) is 5. The highest BCUT2D eigenvalue weighted by Crippen LogP contribution is 2.30. The molecule has 0 aromatic heterocycles. The fourth-order valence-corrected chi connectivity index (χ4v) is 5.31. The second kappa shape index (κ2) is 8.21. The third-order valence-corrected chi connectivity index (χ3v) is 6.68. The smallest absolute Gasteiger partial charge is 0.229 e. The number of amides is 1. The van der Waals surface area contributed by atoms with Crippen molar-refractivity contribution < 1.29 is 9.18 Å². The van der Waals surface area contributed by atoms with Gasteiger partial charge in [-0.3, -0.25) is 20.5 Å². The van der Waals surface area contributed by atoms with Crippen LogP contribution in [0.3, 0.4) is 0 Å². The minimum atomic E-state index is -0.562. The molecule has 0 bridgehead atoms. The van der Waals surface area contributed by atoms with Crippen molar-refractivity contribution in [3.8, 4) is 0 Å². The van der Waals surface area contributed by atoms with Gasteiger partial charge < -0.3 is 16.4 Å². The van der Waals surface area contributed by atoms with E-state index in [0.717, 1.165) is 32.5 Å². The van der Waals surface area contributed by atoms with E-state index in [2.05, 4.69) is 45.8 Å². The lowest BCUT2D eigenvalue weighted by Gasteiger charge is -2.47. The van der Waals surface area contributed by atoms with Crippen LogP contribution in [-0.2, 0) is 4.79 Å². The number of rotatable bonds is 3. The zero-order valence-electron chi connectivity index (χ0n) is 16.6. The number of hydrogen-bond donors (Lipinski definition) is 6. The summed E-state index contributed by atoms with van der Waals surface area (Å²) in [4.78, 5) is 13.2. The molecule has 7 atom stereocenters. The van der Waals surface area contributed by atoms with Gasteiger partial charge in [-0.05, 0) is 31.2 Å². The van der Waals surface area contributed by atoms with Crippen LogP contribution in [0, 0.1) is 17.8 Å². The van der Waals surface area contributed by atoms with Crippen LogP contribution in [0.1, 0.15) is 19.8 Å². The van der Waals surface area contributed by atoms with Crippen LogP contribution in [-0.4, -0.2) is 73.6 Å². The average Bonchev–Trinajstić information content (AvgIpc) is 2.97. The quantitative estimate of drug-likeness (QED) is 0.338. The Balaban J connectivity index is 1.46. The molecular formula is C18H33FN8O. The molecule has 7 unspecified atom stereocenters.